The summed E-state index contributed by atoms with van der Waals surface area (Å²) in [6.07, 6.45) is 1.83. The number of nitrogens with zero attached hydrogens (tertiary/aromatic N) is 1. The highest BCUT2D eigenvalue weighted by atomic mass is 127. The van der Waals surface area contributed by atoms with E-state index in [2.05, 4.69) is 39.4 Å². The third kappa shape index (κ3) is 6.21. The van der Waals surface area contributed by atoms with Crippen molar-refractivity contribution in [3.8, 4) is 0 Å². The average Bonchev–Trinajstić information content (AvgIpc) is 3.10. The van der Waals surface area contributed by atoms with Crippen molar-refractivity contribution in [2.45, 2.75) is 31.3 Å². The number of aliphatic imine (C=N–C) groups is 1. The molecule has 0 amide bonds. The molecule has 2 rings (SSSR count). The number of hydrogen-bond acceptors (Lipinski definition) is 4. The van der Waals surface area contributed by atoms with Crippen LogP contribution in [-0.2, 0) is 9.47 Å². The zero-order valence-corrected chi connectivity index (χ0v) is 17.3. The molecule has 23 heavy (non-hydrogen) atoms. The van der Waals surface area contributed by atoms with E-state index in [1.807, 2.05) is 0 Å². The number of methoxy groups -OCH3 is 1. The Balaban J connectivity index is 0.00000264. The molecule has 1 saturated heterocycles. The Morgan fingerprint density at radius 2 is 2.17 bits per heavy atom. The second-order valence-electron chi connectivity index (χ2n) is 5.76. The van der Waals surface area contributed by atoms with Crippen LogP contribution in [0.5, 0.6) is 0 Å². The van der Waals surface area contributed by atoms with Crippen molar-refractivity contribution in [2.75, 3.05) is 40.5 Å². The molecule has 2 heterocycles. The van der Waals surface area contributed by atoms with Gasteiger partial charge in [0.2, 0.25) is 0 Å². The van der Waals surface area contributed by atoms with Gasteiger partial charge in [-0.15, -0.1) is 24.0 Å². The van der Waals surface area contributed by atoms with Gasteiger partial charge in [0, 0.05) is 53.3 Å². The minimum absolute atomic E-state index is 0. The smallest absolute Gasteiger partial charge is 0.191 e. The van der Waals surface area contributed by atoms with E-state index in [9.17, 15) is 0 Å². The van der Waals surface area contributed by atoms with E-state index in [0.717, 1.165) is 45.1 Å². The Labute approximate surface area is 160 Å². The summed E-state index contributed by atoms with van der Waals surface area (Å²) in [6.45, 7) is 5.35. The lowest BCUT2D eigenvalue weighted by Crippen LogP contribution is -2.51. The molecule has 1 aliphatic heterocycles. The Bertz CT molecular complexity index is 462. The van der Waals surface area contributed by atoms with Crippen LogP contribution in [-0.4, -0.2) is 52.0 Å². The molecule has 0 aromatic carbocycles. The summed E-state index contributed by atoms with van der Waals surface area (Å²) in [5.41, 5.74) is 1.22. The van der Waals surface area contributed by atoms with E-state index < -0.39 is 0 Å². The zero-order valence-electron chi connectivity index (χ0n) is 14.1. The highest BCUT2D eigenvalue weighted by Gasteiger charge is 2.32. The van der Waals surface area contributed by atoms with Gasteiger partial charge in [0.05, 0.1) is 5.60 Å². The van der Waals surface area contributed by atoms with E-state index in [4.69, 9.17) is 9.47 Å². The van der Waals surface area contributed by atoms with Crippen LogP contribution in [0.3, 0.4) is 0 Å². The molecular weight excluding hydrogens is 425 g/mol. The van der Waals surface area contributed by atoms with Crippen LogP contribution in [0.1, 0.15) is 31.2 Å². The lowest BCUT2D eigenvalue weighted by molar-refractivity contribution is -0.0855. The fourth-order valence-corrected chi connectivity index (χ4v) is 3.37. The van der Waals surface area contributed by atoms with Gasteiger partial charge in [-0.1, -0.05) is 6.92 Å². The van der Waals surface area contributed by atoms with E-state index in [0.29, 0.717) is 5.92 Å². The van der Waals surface area contributed by atoms with Gasteiger partial charge < -0.3 is 20.1 Å². The SMILES string of the molecule is CN=C(NCC(C)c1ccsc1)NCC1(OC)CCOCC1.I. The highest BCUT2D eigenvalue weighted by molar-refractivity contribution is 14.0. The molecule has 7 heteroatoms. The molecule has 0 spiro atoms. The summed E-state index contributed by atoms with van der Waals surface area (Å²) in [5.74, 6) is 1.29. The van der Waals surface area contributed by atoms with E-state index >= 15 is 0 Å². The maximum absolute atomic E-state index is 5.73. The summed E-state index contributed by atoms with van der Waals surface area (Å²) < 4.78 is 11.2. The number of ether oxygens (including phenoxy) is 2. The van der Waals surface area contributed by atoms with Crippen molar-refractivity contribution in [3.63, 3.8) is 0 Å². The second-order valence-corrected chi connectivity index (χ2v) is 6.54. The van der Waals surface area contributed by atoms with Crippen molar-refractivity contribution in [3.05, 3.63) is 22.4 Å². The number of halogens is 1. The van der Waals surface area contributed by atoms with Crippen molar-refractivity contribution in [1.82, 2.24) is 10.6 Å². The van der Waals surface area contributed by atoms with Crippen molar-refractivity contribution in [1.29, 1.82) is 0 Å². The van der Waals surface area contributed by atoms with Gasteiger partial charge in [-0.05, 0) is 28.3 Å². The van der Waals surface area contributed by atoms with Gasteiger partial charge in [0.1, 0.15) is 0 Å². The molecule has 0 bridgehead atoms. The van der Waals surface area contributed by atoms with Crippen LogP contribution in [0.25, 0.3) is 0 Å². The molecule has 0 aliphatic carbocycles. The Morgan fingerprint density at radius 1 is 1.43 bits per heavy atom. The number of guanidine groups is 1. The fraction of sp³-hybridized carbons (Fsp3) is 0.688. The Morgan fingerprint density at radius 3 is 2.74 bits per heavy atom. The van der Waals surface area contributed by atoms with E-state index in [1.54, 1.807) is 25.5 Å². The minimum atomic E-state index is -0.144. The van der Waals surface area contributed by atoms with Gasteiger partial charge in [-0.25, -0.2) is 0 Å². The Hall–Kier alpha value is -0.380. The molecule has 2 N–H and O–H groups in total. The summed E-state index contributed by atoms with van der Waals surface area (Å²) >= 11 is 1.74. The lowest BCUT2D eigenvalue weighted by atomic mass is 9.94. The first-order valence-corrected chi connectivity index (χ1v) is 8.73. The van der Waals surface area contributed by atoms with E-state index in [1.165, 1.54) is 5.56 Å². The quantitative estimate of drug-likeness (QED) is 0.395. The predicted octanol–water partition coefficient (Wildman–Crippen LogP) is 2.83. The molecule has 1 aliphatic rings. The standard InChI is InChI=1S/C16H27N3O2S.HI/c1-13(14-4-9-22-11-14)10-18-15(17-2)19-12-16(20-3)5-7-21-8-6-16;/h4,9,11,13H,5-8,10,12H2,1-3H3,(H2,17,18,19);1H. The van der Waals surface area contributed by atoms with Crippen LogP contribution in [0.4, 0.5) is 0 Å². The third-order valence-electron chi connectivity index (χ3n) is 4.33. The monoisotopic (exact) mass is 453 g/mol. The maximum Gasteiger partial charge on any atom is 0.191 e. The van der Waals surface area contributed by atoms with Crippen LogP contribution in [0.2, 0.25) is 0 Å². The van der Waals surface area contributed by atoms with Crippen LogP contribution >= 0.6 is 35.3 Å². The van der Waals surface area contributed by atoms with Crippen molar-refractivity contribution < 1.29 is 9.47 Å². The molecule has 5 nitrogen and oxygen atoms in total. The first-order chi connectivity index (χ1) is 10.7. The summed E-state index contributed by atoms with van der Waals surface area (Å²) in [7, 11) is 3.58. The molecule has 1 fully saturated rings. The van der Waals surface area contributed by atoms with Gasteiger partial charge in [0.15, 0.2) is 5.96 Å². The zero-order chi connectivity index (χ0) is 15.8. The highest BCUT2D eigenvalue weighted by Crippen LogP contribution is 2.23. The van der Waals surface area contributed by atoms with Gasteiger partial charge in [-0.2, -0.15) is 11.3 Å². The molecule has 1 unspecified atom stereocenters. The van der Waals surface area contributed by atoms with Gasteiger partial charge in [-0.3, -0.25) is 4.99 Å². The number of thiophene rings is 1. The molecule has 1 aromatic rings. The maximum atomic E-state index is 5.73. The average molecular weight is 453 g/mol. The Kier molecular flexibility index (Phi) is 9.41. The summed E-state index contributed by atoms with van der Waals surface area (Å²) in [5, 5.41) is 11.1. The molecule has 0 radical (unpaired) electrons. The van der Waals surface area contributed by atoms with Crippen LogP contribution < -0.4 is 10.6 Å². The molecule has 1 aromatic heterocycles. The number of nitrogens with one attached hydrogen (secondary N) is 2. The molecule has 132 valence electrons. The van der Waals surface area contributed by atoms with Gasteiger partial charge >= 0.3 is 0 Å². The first kappa shape index (κ1) is 20.7. The normalized spacial score (nSPS) is 18.8. The topological polar surface area (TPSA) is 54.9 Å². The largest absolute Gasteiger partial charge is 0.381 e. The molecule has 1 atom stereocenters. The van der Waals surface area contributed by atoms with Crippen molar-refractivity contribution in [2.24, 2.45) is 4.99 Å². The lowest BCUT2D eigenvalue weighted by Gasteiger charge is -2.36. The predicted molar refractivity (Wildman–Crippen MR) is 107 cm³/mol. The number of hydrogen-bond donors (Lipinski definition) is 2. The van der Waals surface area contributed by atoms with Crippen molar-refractivity contribution >= 4 is 41.3 Å². The fourth-order valence-electron chi connectivity index (χ4n) is 2.58. The van der Waals surface area contributed by atoms with Crippen LogP contribution in [0, 0.1) is 0 Å². The number of rotatable bonds is 6. The molecular formula is C16H28IN3O2S. The summed E-state index contributed by atoms with van der Waals surface area (Å²) in [6, 6.07) is 2.18. The van der Waals surface area contributed by atoms with Crippen LogP contribution in [0.15, 0.2) is 21.8 Å². The second kappa shape index (κ2) is 10.5. The first-order valence-electron chi connectivity index (χ1n) is 7.78. The third-order valence-corrected chi connectivity index (χ3v) is 5.03. The molecule has 0 saturated carbocycles. The minimum Gasteiger partial charge on any atom is -0.381 e. The van der Waals surface area contributed by atoms with E-state index in [-0.39, 0.29) is 29.6 Å². The summed E-state index contributed by atoms with van der Waals surface area (Å²) in [4.78, 5) is 4.30. The van der Waals surface area contributed by atoms with Gasteiger partial charge in [0.25, 0.3) is 0 Å².